The van der Waals surface area contributed by atoms with E-state index < -0.39 is 0 Å². The van der Waals surface area contributed by atoms with Gasteiger partial charge in [0.1, 0.15) is 11.2 Å². The van der Waals surface area contributed by atoms with E-state index in [2.05, 4.69) is 127 Å². The fourth-order valence-corrected chi connectivity index (χ4v) is 7.38. The van der Waals surface area contributed by atoms with Crippen LogP contribution in [-0.4, -0.2) is 12.1 Å². The first-order valence-electron chi connectivity index (χ1n) is 14.4. The Labute approximate surface area is 234 Å². The summed E-state index contributed by atoms with van der Waals surface area (Å²) in [6, 6.07) is 35.5. The van der Waals surface area contributed by atoms with Crippen molar-refractivity contribution in [2.75, 3.05) is 5.01 Å². The molecule has 196 valence electrons. The topological polar surface area (TPSA) is 28.4 Å². The van der Waals surface area contributed by atoms with Gasteiger partial charge in [0.15, 0.2) is 0 Å². The Hall–Kier alpha value is -4.34. The third kappa shape index (κ3) is 3.47. The number of para-hydroxylation sites is 2. The van der Waals surface area contributed by atoms with Gasteiger partial charge in [0, 0.05) is 22.7 Å². The highest BCUT2D eigenvalue weighted by Crippen LogP contribution is 2.47. The monoisotopic (exact) mass is 520 g/mol. The predicted octanol–water partition coefficient (Wildman–Crippen LogP) is 9.25. The first-order chi connectivity index (χ1) is 19.7. The molecule has 3 heteroatoms. The SMILES string of the molecule is CC1NN(c2ccccc2)C(C)C1c1c2c(c(-c3ccc4oc5ccccc5c4c3)c3ccccc13)CCC=C2. The molecule has 40 heavy (non-hydrogen) atoms. The number of benzene rings is 5. The molecule has 0 saturated carbocycles. The Morgan fingerprint density at radius 3 is 2.33 bits per heavy atom. The maximum atomic E-state index is 6.18. The lowest BCUT2D eigenvalue weighted by atomic mass is 9.75. The highest BCUT2D eigenvalue weighted by atomic mass is 16.3. The van der Waals surface area contributed by atoms with Crippen LogP contribution in [0.2, 0.25) is 0 Å². The van der Waals surface area contributed by atoms with Gasteiger partial charge in [-0.1, -0.05) is 78.9 Å². The number of fused-ring (bicyclic) bond motifs is 5. The van der Waals surface area contributed by atoms with Crippen LogP contribution in [0, 0.1) is 0 Å². The van der Waals surface area contributed by atoms with Crippen molar-refractivity contribution < 1.29 is 4.42 Å². The molecule has 1 aromatic heterocycles. The van der Waals surface area contributed by atoms with Gasteiger partial charge >= 0.3 is 0 Å². The largest absolute Gasteiger partial charge is 0.456 e. The van der Waals surface area contributed by atoms with Gasteiger partial charge in [-0.15, -0.1) is 0 Å². The number of hydrogen-bond acceptors (Lipinski definition) is 3. The second-order valence-corrected chi connectivity index (χ2v) is 11.4. The lowest BCUT2D eigenvalue weighted by Gasteiger charge is -2.30. The van der Waals surface area contributed by atoms with Crippen molar-refractivity contribution in [3.63, 3.8) is 0 Å². The van der Waals surface area contributed by atoms with Crippen molar-refractivity contribution in [1.82, 2.24) is 5.43 Å². The van der Waals surface area contributed by atoms with Gasteiger partial charge in [-0.25, -0.2) is 5.43 Å². The molecular formula is C37H32N2O. The summed E-state index contributed by atoms with van der Waals surface area (Å²) in [5.74, 6) is 0.343. The third-order valence-electron chi connectivity index (χ3n) is 9.09. The van der Waals surface area contributed by atoms with E-state index in [1.807, 2.05) is 6.07 Å². The molecule has 0 radical (unpaired) electrons. The quantitative estimate of drug-likeness (QED) is 0.252. The van der Waals surface area contributed by atoms with E-state index >= 15 is 0 Å². The molecule has 2 aliphatic rings. The number of hydrogen-bond donors (Lipinski definition) is 1. The average Bonchev–Trinajstić information content (AvgIpc) is 3.52. The molecule has 0 spiro atoms. The summed E-state index contributed by atoms with van der Waals surface area (Å²) >= 11 is 0. The summed E-state index contributed by atoms with van der Waals surface area (Å²) in [5, 5.41) is 7.43. The normalized spacial score (nSPS) is 20.6. The molecule has 3 atom stereocenters. The molecule has 1 aliphatic heterocycles. The number of nitrogens with zero attached hydrogens (tertiary/aromatic N) is 1. The van der Waals surface area contributed by atoms with Crippen LogP contribution in [0.3, 0.4) is 0 Å². The second kappa shape index (κ2) is 9.11. The van der Waals surface area contributed by atoms with E-state index in [-0.39, 0.29) is 0 Å². The Morgan fingerprint density at radius 2 is 1.48 bits per heavy atom. The van der Waals surface area contributed by atoms with Gasteiger partial charge in [-0.05, 0) is 95.6 Å². The number of rotatable bonds is 3. The minimum Gasteiger partial charge on any atom is -0.456 e. The standard InChI is InChI=1S/C37H32N2O/c1-23-35(24(2)39(38-23)26-12-4-3-5-13-26)37-30-17-8-6-15-28(30)36(29-16-7-9-18-31(29)37)25-20-21-34-32(22-25)27-14-10-11-19-33(27)40-34/h3-6,8-15,17-24,35,38H,7,16H2,1-2H3. The summed E-state index contributed by atoms with van der Waals surface area (Å²) in [7, 11) is 0. The summed E-state index contributed by atoms with van der Waals surface area (Å²) in [4.78, 5) is 0. The zero-order chi connectivity index (χ0) is 26.8. The molecule has 5 aromatic carbocycles. The summed E-state index contributed by atoms with van der Waals surface area (Å²) in [6.45, 7) is 4.71. The first-order valence-corrected chi connectivity index (χ1v) is 14.4. The van der Waals surface area contributed by atoms with Crippen LogP contribution < -0.4 is 10.4 Å². The highest BCUT2D eigenvalue weighted by molar-refractivity contribution is 6.09. The summed E-state index contributed by atoms with van der Waals surface area (Å²) in [5.41, 5.74) is 13.9. The predicted molar refractivity (Wildman–Crippen MR) is 168 cm³/mol. The number of nitrogens with one attached hydrogen (secondary N) is 1. The highest BCUT2D eigenvalue weighted by Gasteiger charge is 2.40. The molecule has 0 bridgehead atoms. The van der Waals surface area contributed by atoms with Gasteiger partial charge in [-0.2, -0.15) is 0 Å². The van der Waals surface area contributed by atoms with Crippen molar-refractivity contribution in [2.45, 2.75) is 44.7 Å². The van der Waals surface area contributed by atoms with Crippen LogP contribution in [0.4, 0.5) is 5.69 Å². The van der Waals surface area contributed by atoms with Gasteiger partial charge in [-0.3, -0.25) is 0 Å². The number of allylic oxidation sites excluding steroid dienone is 1. The molecule has 6 aromatic rings. The maximum Gasteiger partial charge on any atom is 0.135 e. The number of hydrazine groups is 1. The fraction of sp³-hybridized carbons (Fsp3) is 0.189. The molecule has 1 fully saturated rings. The van der Waals surface area contributed by atoms with E-state index in [9.17, 15) is 0 Å². The van der Waals surface area contributed by atoms with Crippen LogP contribution in [0.1, 0.15) is 42.9 Å². The molecule has 1 N–H and O–H groups in total. The molecule has 3 nitrogen and oxygen atoms in total. The average molecular weight is 521 g/mol. The minimum absolute atomic E-state index is 0.303. The third-order valence-corrected chi connectivity index (χ3v) is 9.09. The molecular weight excluding hydrogens is 488 g/mol. The Balaban J connectivity index is 1.37. The van der Waals surface area contributed by atoms with Crippen molar-refractivity contribution in [3.05, 3.63) is 120 Å². The van der Waals surface area contributed by atoms with Crippen molar-refractivity contribution in [3.8, 4) is 11.1 Å². The van der Waals surface area contributed by atoms with Crippen molar-refractivity contribution >= 4 is 44.5 Å². The Morgan fingerprint density at radius 1 is 0.750 bits per heavy atom. The van der Waals surface area contributed by atoms with Crippen molar-refractivity contribution in [2.24, 2.45) is 0 Å². The van der Waals surface area contributed by atoms with E-state index in [1.165, 1.54) is 55.0 Å². The first kappa shape index (κ1) is 23.5. The van der Waals surface area contributed by atoms with Crippen LogP contribution in [-0.2, 0) is 6.42 Å². The van der Waals surface area contributed by atoms with E-state index in [1.54, 1.807) is 0 Å². The summed E-state index contributed by atoms with van der Waals surface area (Å²) in [6.07, 6.45) is 6.89. The van der Waals surface area contributed by atoms with E-state index in [4.69, 9.17) is 4.42 Å². The second-order valence-electron chi connectivity index (χ2n) is 11.4. The van der Waals surface area contributed by atoms with E-state index in [0.29, 0.717) is 18.0 Å². The van der Waals surface area contributed by atoms with Gasteiger partial charge < -0.3 is 9.43 Å². The number of furan rings is 1. The van der Waals surface area contributed by atoms with Crippen LogP contribution in [0.15, 0.2) is 108 Å². The molecule has 0 amide bonds. The van der Waals surface area contributed by atoms with Crippen LogP contribution in [0.5, 0.6) is 0 Å². The van der Waals surface area contributed by atoms with Gasteiger partial charge in [0.2, 0.25) is 0 Å². The molecule has 1 saturated heterocycles. The maximum absolute atomic E-state index is 6.18. The molecule has 3 unspecified atom stereocenters. The van der Waals surface area contributed by atoms with Gasteiger partial charge in [0.25, 0.3) is 0 Å². The van der Waals surface area contributed by atoms with E-state index in [0.717, 1.165) is 24.0 Å². The Bertz CT molecular complexity index is 1930. The van der Waals surface area contributed by atoms with Crippen LogP contribution >= 0.6 is 0 Å². The Kier molecular flexibility index (Phi) is 5.36. The molecule has 2 heterocycles. The fourth-order valence-electron chi connectivity index (χ4n) is 7.38. The smallest absolute Gasteiger partial charge is 0.135 e. The summed E-state index contributed by atoms with van der Waals surface area (Å²) < 4.78 is 6.18. The lowest BCUT2D eigenvalue weighted by molar-refractivity contribution is 0.575. The van der Waals surface area contributed by atoms with Crippen LogP contribution in [0.25, 0.3) is 49.9 Å². The lowest BCUT2D eigenvalue weighted by Crippen LogP contribution is -2.37. The zero-order valence-electron chi connectivity index (χ0n) is 22.9. The zero-order valence-corrected chi connectivity index (χ0v) is 22.9. The molecule has 1 aliphatic carbocycles. The molecule has 8 rings (SSSR count). The van der Waals surface area contributed by atoms with Gasteiger partial charge in [0.05, 0.1) is 11.7 Å². The van der Waals surface area contributed by atoms with Crippen molar-refractivity contribution in [1.29, 1.82) is 0 Å². The number of anilines is 1. The minimum atomic E-state index is 0.303.